The van der Waals surface area contributed by atoms with Gasteiger partial charge >= 0.3 is 0 Å². The Labute approximate surface area is 165 Å². The Bertz CT molecular complexity index is 537. The van der Waals surface area contributed by atoms with Gasteiger partial charge < -0.3 is 5.32 Å². The van der Waals surface area contributed by atoms with Gasteiger partial charge in [-0.05, 0) is 62.7 Å². The maximum atomic E-state index is 13.1. The number of nitrogens with zero attached hydrogens (tertiary/aromatic N) is 1. The number of hydrogen-bond acceptors (Lipinski definition) is 4. The molecule has 0 bridgehead atoms. The van der Waals surface area contributed by atoms with Gasteiger partial charge in [-0.1, -0.05) is 33.6 Å². The maximum absolute atomic E-state index is 13.1. The van der Waals surface area contributed by atoms with Crippen LogP contribution in [0.1, 0.15) is 79.1 Å². The quantitative estimate of drug-likeness (QED) is 0.693. The minimum absolute atomic E-state index is 0.0238. The fraction of sp³-hybridized carbons (Fsp3) is 0.955. The number of carbonyl (C=O) groups excluding carboxylic acids is 1. The van der Waals surface area contributed by atoms with Crippen LogP contribution >= 0.6 is 0 Å². The lowest BCUT2D eigenvalue weighted by Gasteiger charge is -2.49. The number of fused-ring (bicyclic) bond motifs is 3. The van der Waals surface area contributed by atoms with Gasteiger partial charge in [0.15, 0.2) is 0 Å². The number of nitrogens with one attached hydrogen (secondary N) is 3. The van der Waals surface area contributed by atoms with Crippen molar-refractivity contribution in [3.63, 3.8) is 0 Å². The molecular formula is C22H40N4O. The first kappa shape index (κ1) is 19.7. The Balaban J connectivity index is 1.34. The van der Waals surface area contributed by atoms with Crippen molar-refractivity contribution in [3.8, 4) is 0 Å². The zero-order valence-corrected chi connectivity index (χ0v) is 17.8. The first-order valence-corrected chi connectivity index (χ1v) is 11.4. The molecule has 5 atom stereocenters. The molecule has 4 aliphatic rings. The van der Waals surface area contributed by atoms with Gasteiger partial charge in [0.25, 0.3) is 0 Å². The third-order valence-electron chi connectivity index (χ3n) is 8.02. The molecule has 4 fully saturated rings. The Hall–Kier alpha value is -0.650. The number of amides is 1. The van der Waals surface area contributed by atoms with Crippen LogP contribution in [0.15, 0.2) is 0 Å². The van der Waals surface area contributed by atoms with Crippen molar-refractivity contribution >= 4 is 5.91 Å². The van der Waals surface area contributed by atoms with Crippen LogP contribution in [0, 0.1) is 23.2 Å². The second-order valence-electron chi connectivity index (χ2n) is 10.7. The van der Waals surface area contributed by atoms with Crippen LogP contribution in [0.2, 0.25) is 0 Å². The Kier molecular flexibility index (Phi) is 5.56. The highest BCUT2D eigenvalue weighted by atomic mass is 16.2. The van der Waals surface area contributed by atoms with E-state index in [0.717, 1.165) is 31.2 Å². The summed E-state index contributed by atoms with van der Waals surface area (Å²) in [6, 6.07) is 1.47. The van der Waals surface area contributed by atoms with E-state index in [1.807, 2.05) is 0 Å². The number of hydrogen-bond donors (Lipinski definition) is 3. The highest BCUT2D eigenvalue weighted by Crippen LogP contribution is 2.39. The van der Waals surface area contributed by atoms with E-state index in [9.17, 15) is 4.79 Å². The summed E-state index contributed by atoms with van der Waals surface area (Å²) in [4.78, 5) is 13.1. The molecular weight excluding hydrogens is 336 g/mol. The first-order valence-electron chi connectivity index (χ1n) is 11.4. The monoisotopic (exact) mass is 376 g/mol. The van der Waals surface area contributed by atoms with Gasteiger partial charge in [-0.15, -0.1) is 0 Å². The number of rotatable bonds is 2. The molecule has 1 amide bonds. The van der Waals surface area contributed by atoms with Crippen molar-refractivity contribution in [3.05, 3.63) is 0 Å². The van der Waals surface area contributed by atoms with Crippen molar-refractivity contribution in [2.75, 3.05) is 6.54 Å². The average Bonchev–Trinajstić information content (AvgIpc) is 3.06. The van der Waals surface area contributed by atoms with E-state index in [0.29, 0.717) is 23.5 Å². The normalized spacial score (nSPS) is 43.0. The molecule has 27 heavy (non-hydrogen) atoms. The van der Waals surface area contributed by atoms with Crippen LogP contribution in [-0.2, 0) is 4.79 Å². The maximum Gasteiger partial charge on any atom is 0.227 e. The number of hydrazine groups is 1. The smallest absolute Gasteiger partial charge is 0.227 e. The third kappa shape index (κ3) is 3.92. The fourth-order valence-electron chi connectivity index (χ4n) is 6.24. The SMILES string of the molecule is CC1NC2C(C(=O)NC3CCC(C(C)(C)C)CC3)CNN2C2CCCCC12. The molecule has 2 aliphatic carbocycles. The molecule has 3 N–H and O–H groups in total. The fourth-order valence-corrected chi connectivity index (χ4v) is 6.24. The molecule has 0 radical (unpaired) electrons. The molecule has 2 saturated carbocycles. The van der Waals surface area contributed by atoms with E-state index < -0.39 is 0 Å². The predicted octanol–water partition coefficient (Wildman–Crippen LogP) is 3.02. The lowest BCUT2D eigenvalue weighted by atomic mass is 9.71. The zero-order chi connectivity index (χ0) is 19.2. The molecule has 0 spiro atoms. The summed E-state index contributed by atoms with van der Waals surface area (Å²) < 4.78 is 0. The minimum atomic E-state index is 0.0238. The molecule has 5 nitrogen and oxygen atoms in total. The average molecular weight is 377 g/mol. The molecule has 154 valence electrons. The highest BCUT2D eigenvalue weighted by Gasteiger charge is 2.49. The summed E-state index contributed by atoms with van der Waals surface area (Å²) in [5.74, 6) is 1.79. The van der Waals surface area contributed by atoms with Gasteiger partial charge in [-0.25, -0.2) is 5.01 Å². The van der Waals surface area contributed by atoms with Gasteiger partial charge in [0, 0.05) is 24.7 Å². The second-order valence-corrected chi connectivity index (χ2v) is 10.7. The molecule has 5 unspecified atom stereocenters. The summed E-state index contributed by atoms with van der Waals surface area (Å²) in [7, 11) is 0. The third-order valence-corrected chi connectivity index (χ3v) is 8.02. The van der Waals surface area contributed by atoms with Crippen molar-refractivity contribution in [2.45, 2.75) is 103 Å². The molecule has 2 aliphatic heterocycles. The van der Waals surface area contributed by atoms with Crippen molar-refractivity contribution in [1.82, 2.24) is 21.1 Å². The van der Waals surface area contributed by atoms with Gasteiger partial charge in [0.2, 0.25) is 5.91 Å². The summed E-state index contributed by atoms with van der Waals surface area (Å²) in [5.41, 5.74) is 3.98. The van der Waals surface area contributed by atoms with Crippen LogP contribution in [0.3, 0.4) is 0 Å². The van der Waals surface area contributed by atoms with E-state index >= 15 is 0 Å². The van der Waals surface area contributed by atoms with Crippen LogP contribution in [0.4, 0.5) is 0 Å². The zero-order valence-electron chi connectivity index (χ0n) is 17.8. The van der Waals surface area contributed by atoms with Crippen LogP contribution in [0.5, 0.6) is 0 Å². The molecule has 4 rings (SSSR count). The van der Waals surface area contributed by atoms with Gasteiger partial charge in [0.1, 0.15) is 0 Å². The van der Waals surface area contributed by atoms with E-state index in [4.69, 9.17) is 0 Å². The molecule has 2 saturated heterocycles. The van der Waals surface area contributed by atoms with Crippen molar-refractivity contribution < 1.29 is 4.79 Å². The van der Waals surface area contributed by atoms with Gasteiger partial charge in [-0.3, -0.25) is 15.5 Å². The van der Waals surface area contributed by atoms with Crippen LogP contribution in [0.25, 0.3) is 0 Å². The summed E-state index contributed by atoms with van der Waals surface area (Å²) in [6.45, 7) is 10.1. The first-order chi connectivity index (χ1) is 12.8. The second kappa shape index (κ2) is 7.64. The predicted molar refractivity (Wildman–Crippen MR) is 109 cm³/mol. The lowest BCUT2D eigenvalue weighted by Crippen LogP contribution is -2.66. The topological polar surface area (TPSA) is 56.4 Å². The standard InChI is InChI=1S/C22H40N4O/c1-14-17-7-5-6-8-19(17)26-20(24-14)18(13-23-26)21(27)25-16-11-9-15(10-12-16)22(2,3)4/h14-20,23-24H,5-13H2,1-4H3,(H,25,27). The molecule has 5 heteroatoms. The van der Waals surface area contributed by atoms with Crippen LogP contribution < -0.4 is 16.1 Å². The molecule has 2 heterocycles. The van der Waals surface area contributed by atoms with E-state index in [-0.39, 0.29) is 18.0 Å². The largest absolute Gasteiger partial charge is 0.353 e. The highest BCUT2D eigenvalue weighted by molar-refractivity contribution is 5.80. The molecule has 0 aromatic carbocycles. The van der Waals surface area contributed by atoms with E-state index in [2.05, 4.69) is 48.8 Å². The van der Waals surface area contributed by atoms with E-state index in [1.54, 1.807) is 0 Å². The van der Waals surface area contributed by atoms with Crippen molar-refractivity contribution in [2.24, 2.45) is 23.2 Å². The lowest BCUT2D eigenvalue weighted by molar-refractivity contribution is -0.128. The van der Waals surface area contributed by atoms with Crippen LogP contribution in [-0.4, -0.2) is 41.8 Å². The summed E-state index contributed by atoms with van der Waals surface area (Å²) in [5, 5.41) is 9.59. The van der Waals surface area contributed by atoms with Gasteiger partial charge in [-0.2, -0.15) is 0 Å². The Morgan fingerprint density at radius 1 is 1.04 bits per heavy atom. The minimum Gasteiger partial charge on any atom is -0.353 e. The Morgan fingerprint density at radius 2 is 1.74 bits per heavy atom. The van der Waals surface area contributed by atoms with Crippen molar-refractivity contribution in [1.29, 1.82) is 0 Å². The number of carbonyl (C=O) groups is 1. The molecule has 0 aromatic rings. The van der Waals surface area contributed by atoms with E-state index in [1.165, 1.54) is 38.5 Å². The molecule has 0 aromatic heterocycles. The summed E-state index contributed by atoms with van der Waals surface area (Å²) >= 11 is 0. The summed E-state index contributed by atoms with van der Waals surface area (Å²) in [6.07, 6.45) is 10.2. The van der Waals surface area contributed by atoms with Gasteiger partial charge in [0.05, 0.1) is 12.1 Å². The Morgan fingerprint density at radius 3 is 2.44 bits per heavy atom.